The van der Waals surface area contributed by atoms with Gasteiger partial charge in [0.25, 0.3) is 5.91 Å². The highest BCUT2D eigenvalue weighted by Gasteiger charge is 2.13. The number of nitrogens with one attached hydrogen (secondary N) is 1. The quantitative estimate of drug-likeness (QED) is 0.663. The molecule has 5 heteroatoms. The average Bonchev–Trinajstić information content (AvgIpc) is 2.89. The zero-order valence-electron chi connectivity index (χ0n) is 16.0. The van der Waals surface area contributed by atoms with Crippen LogP contribution in [0.4, 0.5) is 0 Å². The molecule has 2 heterocycles. The van der Waals surface area contributed by atoms with Gasteiger partial charge in [-0.1, -0.05) is 18.6 Å². The minimum absolute atomic E-state index is 0.0457. The number of aromatic nitrogens is 1. The average molecular weight is 352 g/mol. The molecule has 1 aliphatic heterocycles. The molecule has 1 aromatic heterocycles. The molecule has 0 aliphatic carbocycles. The number of amides is 1. The molecule has 0 radical (unpaired) electrons. The summed E-state index contributed by atoms with van der Waals surface area (Å²) in [6.45, 7) is 8.70. The van der Waals surface area contributed by atoms with Crippen LogP contribution in [0.3, 0.4) is 0 Å². The van der Waals surface area contributed by atoms with Crippen LogP contribution in [0.5, 0.6) is 0 Å². The fraction of sp³-hybridized carbons (Fsp3) is 0.429. The van der Waals surface area contributed by atoms with E-state index in [9.17, 15) is 4.79 Å². The van der Waals surface area contributed by atoms with E-state index < -0.39 is 0 Å². The summed E-state index contributed by atoms with van der Waals surface area (Å²) in [4.78, 5) is 14.2. The lowest BCUT2D eigenvalue weighted by molar-refractivity contribution is -0.122. The minimum Gasteiger partial charge on any atom is -0.318 e. The van der Waals surface area contributed by atoms with Crippen molar-refractivity contribution in [1.29, 1.82) is 0 Å². The molecule has 2 aromatic rings. The Morgan fingerprint density at radius 3 is 2.65 bits per heavy atom. The SMILES string of the molecule is Cc1cccc(-n2c(C)cc(/C=N\NC(=O)CN3CCCCC3)c2C)c1. The maximum atomic E-state index is 12.0. The molecule has 5 nitrogen and oxygen atoms in total. The second-order valence-corrected chi connectivity index (χ2v) is 7.13. The Morgan fingerprint density at radius 2 is 1.92 bits per heavy atom. The summed E-state index contributed by atoms with van der Waals surface area (Å²) in [7, 11) is 0. The third kappa shape index (κ3) is 4.41. The van der Waals surface area contributed by atoms with Crippen LogP contribution in [-0.2, 0) is 4.79 Å². The fourth-order valence-corrected chi connectivity index (χ4v) is 3.61. The normalized spacial score (nSPS) is 15.5. The molecule has 0 saturated carbocycles. The van der Waals surface area contributed by atoms with Crippen LogP contribution in [0.2, 0.25) is 0 Å². The minimum atomic E-state index is -0.0457. The first-order chi connectivity index (χ1) is 12.5. The molecule has 26 heavy (non-hydrogen) atoms. The molecule has 3 rings (SSSR count). The third-order valence-corrected chi connectivity index (χ3v) is 4.94. The second-order valence-electron chi connectivity index (χ2n) is 7.13. The van der Waals surface area contributed by atoms with Gasteiger partial charge >= 0.3 is 0 Å². The van der Waals surface area contributed by atoms with E-state index in [-0.39, 0.29) is 5.91 Å². The number of benzene rings is 1. The zero-order valence-corrected chi connectivity index (χ0v) is 16.0. The number of hydrogen-bond acceptors (Lipinski definition) is 3. The summed E-state index contributed by atoms with van der Waals surface area (Å²) >= 11 is 0. The molecule has 1 fully saturated rings. The molecule has 1 aliphatic rings. The van der Waals surface area contributed by atoms with Crippen molar-refractivity contribution in [2.24, 2.45) is 5.10 Å². The van der Waals surface area contributed by atoms with Crippen molar-refractivity contribution in [2.75, 3.05) is 19.6 Å². The van der Waals surface area contributed by atoms with Crippen molar-refractivity contribution < 1.29 is 4.79 Å². The highest BCUT2D eigenvalue weighted by Crippen LogP contribution is 2.20. The molecule has 1 aromatic carbocycles. The van der Waals surface area contributed by atoms with Gasteiger partial charge < -0.3 is 4.57 Å². The van der Waals surface area contributed by atoms with Crippen LogP contribution in [0.25, 0.3) is 5.69 Å². The van der Waals surface area contributed by atoms with Crippen LogP contribution in [0, 0.1) is 20.8 Å². The van der Waals surface area contributed by atoms with E-state index in [1.165, 1.54) is 24.8 Å². The van der Waals surface area contributed by atoms with Gasteiger partial charge in [-0.05, 0) is 70.5 Å². The standard InChI is InChI=1S/C21H28N4O/c1-16-8-7-9-20(12-16)25-17(2)13-19(18(25)3)14-22-23-21(26)15-24-10-5-4-6-11-24/h7-9,12-14H,4-6,10-11,15H2,1-3H3,(H,23,26)/b22-14-. The van der Waals surface area contributed by atoms with E-state index in [0.717, 1.165) is 35.7 Å². The second kappa shape index (κ2) is 8.32. The zero-order chi connectivity index (χ0) is 18.5. The van der Waals surface area contributed by atoms with Gasteiger partial charge in [0.2, 0.25) is 0 Å². The summed E-state index contributed by atoms with van der Waals surface area (Å²) < 4.78 is 2.21. The smallest absolute Gasteiger partial charge is 0.254 e. The maximum Gasteiger partial charge on any atom is 0.254 e. The van der Waals surface area contributed by atoms with E-state index in [0.29, 0.717) is 6.54 Å². The van der Waals surface area contributed by atoms with Gasteiger partial charge in [0, 0.05) is 22.6 Å². The van der Waals surface area contributed by atoms with E-state index in [1.807, 2.05) is 0 Å². The Labute approximate surface area is 155 Å². The number of piperidine rings is 1. The summed E-state index contributed by atoms with van der Waals surface area (Å²) in [5, 5.41) is 4.17. The van der Waals surface area contributed by atoms with E-state index >= 15 is 0 Å². The Kier molecular flexibility index (Phi) is 5.89. The number of nitrogens with zero attached hydrogens (tertiary/aromatic N) is 3. The molecule has 0 spiro atoms. The summed E-state index contributed by atoms with van der Waals surface area (Å²) in [5.41, 5.74) is 8.32. The lowest BCUT2D eigenvalue weighted by Crippen LogP contribution is -2.38. The molecular weight excluding hydrogens is 324 g/mol. The van der Waals surface area contributed by atoms with Crippen molar-refractivity contribution in [3.05, 3.63) is 52.8 Å². The number of likely N-dealkylation sites (tertiary alicyclic amines) is 1. The molecule has 1 N–H and O–H groups in total. The molecular formula is C21H28N4O. The highest BCUT2D eigenvalue weighted by atomic mass is 16.2. The van der Waals surface area contributed by atoms with Crippen LogP contribution < -0.4 is 5.43 Å². The van der Waals surface area contributed by atoms with Crippen LogP contribution in [0.1, 0.15) is 41.8 Å². The Morgan fingerprint density at radius 1 is 1.15 bits per heavy atom. The highest BCUT2D eigenvalue weighted by molar-refractivity contribution is 5.84. The van der Waals surface area contributed by atoms with Gasteiger partial charge in [0.05, 0.1) is 12.8 Å². The Bertz CT molecular complexity index is 800. The van der Waals surface area contributed by atoms with Crippen molar-refractivity contribution in [3.63, 3.8) is 0 Å². The molecule has 0 atom stereocenters. The largest absolute Gasteiger partial charge is 0.318 e. The van der Waals surface area contributed by atoms with Crippen molar-refractivity contribution in [2.45, 2.75) is 40.0 Å². The van der Waals surface area contributed by atoms with Crippen molar-refractivity contribution in [1.82, 2.24) is 14.9 Å². The predicted molar refractivity (Wildman–Crippen MR) is 106 cm³/mol. The Hall–Kier alpha value is -2.40. The number of carbonyl (C=O) groups excluding carboxylic acids is 1. The van der Waals surface area contributed by atoms with Crippen LogP contribution >= 0.6 is 0 Å². The van der Waals surface area contributed by atoms with Gasteiger partial charge in [-0.25, -0.2) is 5.43 Å². The number of aryl methyl sites for hydroxylation is 2. The topological polar surface area (TPSA) is 49.6 Å². The number of hydrogen-bond donors (Lipinski definition) is 1. The lowest BCUT2D eigenvalue weighted by atomic mass is 10.1. The third-order valence-electron chi connectivity index (χ3n) is 4.94. The fourth-order valence-electron chi connectivity index (χ4n) is 3.61. The van der Waals surface area contributed by atoms with Crippen LogP contribution in [0.15, 0.2) is 35.4 Å². The first-order valence-corrected chi connectivity index (χ1v) is 9.35. The monoisotopic (exact) mass is 352 g/mol. The lowest BCUT2D eigenvalue weighted by Gasteiger charge is -2.25. The van der Waals surface area contributed by atoms with Crippen LogP contribution in [-0.4, -0.2) is 41.2 Å². The van der Waals surface area contributed by atoms with Gasteiger partial charge in [0.15, 0.2) is 0 Å². The van der Waals surface area contributed by atoms with Gasteiger partial charge in [-0.15, -0.1) is 0 Å². The van der Waals surface area contributed by atoms with E-state index in [1.54, 1.807) is 6.21 Å². The van der Waals surface area contributed by atoms with Crippen molar-refractivity contribution in [3.8, 4) is 5.69 Å². The van der Waals surface area contributed by atoms with Gasteiger partial charge in [-0.3, -0.25) is 9.69 Å². The maximum absolute atomic E-state index is 12.0. The van der Waals surface area contributed by atoms with E-state index in [2.05, 4.69) is 71.1 Å². The van der Waals surface area contributed by atoms with Crippen molar-refractivity contribution >= 4 is 12.1 Å². The first-order valence-electron chi connectivity index (χ1n) is 9.35. The Balaban J connectivity index is 1.65. The summed E-state index contributed by atoms with van der Waals surface area (Å²) in [5.74, 6) is -0.0457. The number of carbonyl (C=O) groups is 1. The van der Waals surface area contributed by atoms with E-state index in [4.69, 9.17) is 0 Å². The van der Waals surface area contributed by atoms with Gasteiger partial charge in [0.1, 0.15) is 0 Å². The number of hydrazone groups is 1. The summed E-state index contributed by atoms with van der Waals surface area (Å²) in [6.07, 6.45) is 5.37. The first kappa shape index (κ1) is 18.4. The molecule has 1 amide bonds. The van der Waals surface area contributed by atoms with Gasteiger partial charge in [-0.2, -0.15) is 5.10 Å². The molecule has 138 valence electrons. The summed E-state index contributed by atoms with van der Waals surface area (Å²) in [6, 6.07) is 10.5. The number of rotatable bonds is 5. The molecule has 1 saturated heterocycles. The molecule has 0 bridgehead atoms. The predicted octanol–water partition coefficient (Wildman–Crippen LogP) is 3.34. The molecule has 0 unspecified atom stereocenters.